The maximum absolute atomic E-state index is 13.6. The van der Waals surface area contributed by atoms with E-state index in [4.69, 9.17) is 0 Å². The molecule has 0 radical (unpaired) electrons. The number of rotatable bonds is 6. The maximum Gasteiger partial charge on any atom is 0.326 e. The topological polar surface area (TPSA) is 69.7 Å². The number of nitrogens with zero attached hydrogens (tertiary/aromatic N) is 2. The molecule has 0 spiro atoms. The summed E-state index contributed by atoms with van der Waals surface area (Å²) in [6.07, 6.45) is 0. The summed E-state index contributed by atoms with van der Waals surface area (Å²) in [5, 5.41) is 2.89. The number of likely N-dealkylation sites (N-methyl/N-ethyl adjacent to an activating group) is 1. The van der Waals surface area contributed by atoms with Crippen LogP contribution in [0.1, 0.15) is 36.1 Å². The number of benzene rings is 2. The molecule has 0 bridgehead atoms. The average molecular weight is 393 g/mol. The normalized spacial score (nSPS) is 18.7. The number of carbonyl (C=O) groups is 3. The Hall–Kier alpha value is -3.15. The van der Waals surface area contributed by atoms with Crippen molar-refractivity contribution in [1.29, 1.82) is 0 Å². The summed E-state index contributed by atoms with van der Waals surface area (Å²) in [5.41, 5.74) is 2.13. The van der Waals surface area contributed by atoms with Crippen LogP contribution in [0.4, 0.5) is 4.79 Å². The molecule has 4 amide bonds. The second kappa shape index (κ2) is 8.07. The van der Waals surface area contributed by atoms with Crippen LogP contribution in [0.2, 0.25) is 0 Å². The van der Waals surface area contributed by atoms with E-state index in [1.807, 2.05) is 76.2 Å². The Morgan fingerprint density at radius 2 is 1.62 bits per heavy atom. The van der Waals surface area contributed by atoms with Gasteiger partial charge in [0.1, 0.15) is 6.54 Å². The lowest BCUT2D eigenvalue weighted by Gasteiger charge is -2.29. The number of amides is 4. The van der Waals surface area contributed by atoms with E-state index in [9.17, 15) is 14.4 Å². The summed E-state index contributed by atoms with van der Waals surface area (Å²) in [6.45, 7) is 8.50. The smallest absolute Gasteiger partial charge is 0.326 e. The van der Waals surface area contributed by atoms with Gasteiger partial charge in [-0.1, -0.05) is 48.5 Å². The van der Waals surface area contributed by atoms with Crippen LogP contribution in [-0.2, 0) is 15.1 Å². The summed E-state index contributed by atoms with van der Waals surface area (Å²) >= 11 is 0. The molecule has 2 aromatic carbocycles. The number of nitrogens with one attached hydrogen (secondary N) is 1. The highest BCUT2D eigenvalue weighted by Gasteiger charge is 2.54. The van der Waals surface area contributed by atoms with E-state index >= 15 is 0 Å². The van der Waals surface area contributed by atoms with Crippen molar-refractivity contribution in [2.45, 2.75) is 33.2 Å². The minimum atomic E-state index is -1.35. The van der Waals surface area contributed by atoms with Gasteiger partial charge >= 0.3 is 6.03 Å². The highest BCUT2D eigenvalue weighted by atomic mass is 16.2. The minimum absolute atomic E-state index is 0.248. The lowest BCUT2D eigenvalue weighted by Crippen LogP contribution is -2.46. The van der Waals surface area contributed by atoms with E-state index in [0.717, 1.165) is 16.0 Å². The van der Waals surface area contributed by atoms with Crippen molar-refractivity contribution in [3.05, 3.63) is 70.8 Å². The summed E-state index contributed by atoms with van der Waals surface area (Å²) in [5.74, 6) is -0.681. The monoisotopic (exact) mass is 393 g/mol. The summed E-state index contributed by atoms with van der Waals surface area (Å²) in [4.78, 5) is 41.7. The first-order valence-corrected chi connectivity index (χ1v) is 9.90. The van der Waals surface area contributed by atoms with Crippen LogP contribution in [-0.4, -0.2) is 47.3 Å². The van der Waals surface area contributed by atoms with E-state index in [-0.39, 0.29) is 12.5 Å². The van der Waals surface area contributed by atoms with E-state index < -0.39 is 17.5 Å². The Morgan fingerprint density at radius 3 is 2.21 bits per heavy atom. The highest BCUT2D eigenvalue weighted by molar-refractivity contribution is 6.11. The van der Waals surface area contributed by atoms with Crippen LogP contribution in [0.15, 0.2) is 48.5 Å². The summed E-state index contributed by atoms with van der Waals surface area (Å²) < 4.78 is 0. The fraction of sp³-hybridized carbons (Fsp3) is 0.348. The van der Waals surface area contributed by atoms with Crippen LogP contribution in [0, 0.1) is 13.8 Å². The number of imide groups is 1. The third kappa shape index (κ3) is 3.50. The Kier molecular flexibility index (Phi) is 5.73. The molecule has 29 heavy (non-hydrogen) atoms. The van der Waals surface area contributed by atoms with Gasteiger partial charge in [-0.15, -0.1) is 0 Å². The molecule has 2 aromatic rings. The Bertz CT molecular complexity index is 938. The van der Waals surface area contributed by atoms with Crippen molar-refractivity contribution in [1.82, 2.24) is 15.1 Å². The van der Waals surface area contributed by atoms with Crippen LogP contribution < -0.4 is 5.32 Å². The van der Waals surface area contributed by atoms with Gasteiger partial charge in [0.05, 0.1) is 0 Å². The SMILES string of the molecule is CCN(CC)C(=O)CN1C(=O)N[C@@](c2ccccc2)(c2ccc(C)c(C)c2)C1=O. The van der Waals surface area contributed by atoms with Crippen LogP contribution in [0.3, 0.4) is 0 Å². The fourth-order valence-corrected chi connectivity index (χ4v) is 3.75. The molecule has 0 aliphatic carbocycles. The quantitative estimate of drug-likeness (QED) is 0.767. The van der Waals surface area contributed by atoms with Crippen LogP contribution in [0.5, 0.6) is 0 Å². The van der Waals surface area contributed by atoms with Gasteiger partial charge in [0.15, 0.2) is 5.54 Å². The summed E-state index contributed by atoms with van der Waals surface area (Å²) in [6, 6.07) is 14.4. The Labute approximate surface area is 171 Å². The molecule has 0 saturated carbocycles. The first kappa shape index (κ1) is 20.6. The number of hydrogen-bond acceptors (Lipinski definition) is 3. The van der Waals surface area contributed by atoms with E-state index in [2.05, 4.69) is 5.32 Å². The zero-order chi connectivity index (χ0) is 21.2. The highest BCUT2D eigenvalue weighted by Crippen LogP contribution is 2.36. The number of urea groups is 1. The number of aryl methyl sites for hydroxylation is 2. The lowest BCUT2D eigenvalue weighted by atomic mass is 9.81. The van der Waals surface area contributed by atoms with E-state index in [1.165, 1.54) is 0 Å². The molecule has 1 fully saturated rings. The van der Waals surface area contributed by atoms with Gasteiger partial charge in [0.2, 0.25) is 5.91 Å². The zero-order valence-corrected chi connectivity index (χ0v) is 17.4. The first-order chi connectivity index (χ1) is 13.8. The van der Waals surface area contributed by atoms with Gasteiger partial charge in [0.25, 0.3) is 5.91 Å². The lowest BCUT2D eigenvalue weighted by molar-refractivity contribution is -0.138. The molecule has 1 N–H and O–H groups in total. The second-order valence-corrected chi connectivity index (χ2v) is 7.30. The molecular weight excluding hydrogens is 366 g/mol. The van der Waals surface area contributed by atoms with Crippen molar-refractivity contribution in [3.63, 3.8) is 0 Å². The van der Waals surface area contributed by atoms with Crippen molar-refractivity contribution in [2.24, 2.45) is 0 Å². The van der Waals surface area contributed by atoms with E-state index in [1.54, 1.807) is 4.90 Å². The average Bonchev–Trinajstić information content (AvgIpc) is 2.97. The molecule has 1 saturated heterocycles. The third-order valence-electron chi connectivity index (χ3n) is 5.66. The third-order valence-corrected chi connectivity index (χ3v) is 5.66. The molecule has 152 valence electrons. The van der Waals surface area contributed by atoms with Crippen LogP contribution in [0.25, 0.3) is 0 Å². The Morgan fingerprint density at radius 1 is 0.966 bits per heavy atom. The first-order valence-electron chi connectivity index (χ1n) is 9.90. The molecule has 1 atom stereocenters. The van der Waals surface area contributed by atoms with Gasteiger partial charge in [-0.2, -0.15) is 0 Å². The van der Waals surface area contributed by atoms with Gasteiger partial charge in [-0.3, -0.25) is 14.5 Å². The largest absolute Gasteiger partial charge is 0.342 e. The number of hydrogen-bond donors (Lipinski definition) is 1. The molecule has 6 heteroatoms. The maximum atomic E-state index is 13.6. The van der Waals surface area contributed by atoms with Gasteiger partial charge in [-0.25, -0.2) is 4.79 Å². The molecule has 0 aromatic heterocycles. The fourth-order valence-electron chi connectivity index (χ4n) is 3.75. The molecule has 0 unspecified atom stereocenters. The standard InChI is InChI=1S/C23H27N3O3/c1-5-25(6-2)20(27)15-26-21(28)23(24-22(26)29,18-10-8-7-9-11-18)19-13-12-16(3)17(4)14-19/h7-14H,5-6,15H2,1-4H3,(H,24,29)/t23-/m0/s1. The predicted molar refractivity (Wildman–Crippen MR) is 111 cm³/mol. The minimum Gasteiger partial charge on any atom is -0.342 e. The number of carbonyl (C=O) groups excluding carboxylic acids is 3. The van der Waals surface area contributed by atoms with Crippen molar-refractivity contribution in [2.75, 3.05) is 19.6 Å². The molecular formula is C23H27N3O3. The van der Waals surface area contributed by atoms with Crippen molar-refractivity contribution < 1.29 is 14.4 Å². The van der Waals surface area contributed by atoms with Gasteiger partial charge < -0.3 is 10.2 Å². The second-order valence-electron chi connectivity index (χ2n) is 7.30. The van der Waals surface area contributed by atoms with E-state index in [0.29, 0.717) is 24.2 Å². The Balaban J connectivity index is 2.08. The summed E-state index contributed by atoms with van der Waals surface area (Å²) in [7, 11) is 0. The van der Waals surface area contributed by atoms with Crippen molar-refractivity contribution >= 4 is 17.8 Å². The molecule has 1 aliphatic rings. The van der Waals surface area contributed by atoms with Crippen LogP contribution >= 0.6 is 0 Å². The van der Waals surface area contributed by atoms with Gasteiger partial charge in [-0.05, 0) is 49.9 Å². The predicted octanol–water partition coefficient (Wildman–Crippen LogP) is 2.97. The zero-order valence-electron chi connectivity index (χ0n) is 17.4. The van der Waals surface area contributed by atoms with Crippen molar-refractivity contribution in [3.8, 4) is 0 Å². The molecule has 3 rings (SSSR count). The van der Waals surface area contributed by atoms with Gasteiger partial charge in [0, 0.05) is 13.1 Å². The molecule has 1 aliphatic heterocycles. The molecule has 6 nitrogen and oxygen atoms in total. The molecule has 1 heterocycles.